The molecule has 0 aliphatic carbocycles. The molecular weight excluding hydrogens is 272 g/mol. The molecule has 0 radical (unpaired) electrons. The number of carbonyl (C=O) groups is 2. The van der Waals surface area contributed by atoms with Crippen LogP contribution in [0, 0.1) is 5.92 Å². The Morgan fingerprint density at radius 2 is 1.95 bits per heavy atom. The monoisotopic (exact) mass is 296 g/mol. The normalized spacial score (nSPS) is 11.1. The summed E-state index contributed by atoms with van der Waals surface area (Å²) >= 11 is 0. The number of hydrogen-bond donors (Lipinski definition) is 1. The first-order valence-electron chi connectivity index (χ1n) is 7.31. The quantitative estimate of drug-likeness (QED) is 0.788. The molecule has 0 spiro atoms. The Labute approximate surface area is 124 Å². The number of nitrogens with zero attached hydrogens (tertiary/aromatic N) is 4. The van der Waals surface area contributed by atoms with E-state index >= 15 is 0 Å². The van der Waals surface area contributed by atoms with E-state index < -0.39 is 5.97 Å². The van der Waals surface area contributed by atoms with Crippen molar-refractivity contribution in [2.45, 2.75) is 53.1 Å². The van der Waals surface area contributed by atoms with Crippen molar-refractivity contribution < 1.29 is 14.7 Å². The van der Waals surface area contributed by atoms with Crippen LogP contribution in [0.1, 0.15) is 51.0 Å². The van der Waals surface area contributed by atoms with Gasteiger partial charge in [-0.1, -0.05) is 32.9 Å². The van der Waals surface area contributed by atoms with Gasteiger partial charge in [0.2, 0.25) is 5.91 Å². The van der Waals surface area contributed by atoms with Gasteiger partial charge in [-0.25, -0.2) is 9.48 Å². The SMILES string of the molecule is CCC(CC)N(CC(C)C)C(=O)Cn1cc(C(=O)O)nn1. The topological polar surface area (TPSA) is 88.3 Å². The van der Waals surface area contributed by atoms with Crippen LogP contribution < -0.4 is 0 Å². The molecule has 1 amide bonds. The van der Waals surface area contributed by atoms with Crippen LogP contribution in [0.4, 0.5) is 0 Å². The summed E-state index contributed by atoms with van der Waals surface area (Å²) in [4.78, 5) is 25.1. The maximum absolute atomic E-state index is 12.5. The lowest BCUT2D eigenvalue weighted by atomic mass is 10.1. The minimum Gasteiger partial charge on any atom is -0.476 e. The summed E-state index contributed by atoms with van der Waals surface area (Å²) in [5, 5.41) is 16.0. The number of amides is 1. The molecule has 1 N–H and O–H groups in total. The molecule has 0 saturated carbocycles. The van der Waals surface area contributed by atoms with Crippen LogP contribution >= 0.6 is 0 Å². The highest BCUT2D eigenvalue weighted by Gasteiger charge is 2.22. The van der Waals surface area contributed by atoms with Gasteiger partial charge in [0.25, 0.3) is 0 Å². The molecule has 0 bridgehead atoms. The van der Waals surface area contributed by atoms with Gasteiger partial charge in [-0.05, 0) is 18.8 Å². The van der Waals surface area contributed by atoms with Gasteiger partial charge < -0.3 is 10.0 Å². The van der Waals surface area contributed by atoms with E-state index in [9.17, 15) is 9.59 Å². The number of hydrogen-bond acceptors (Lipinski definition) is 4. The summed E-state index contributed by atoms with van der Waals surface area (Å²) in [6.45, 7) is 8.97. The molecule has 0 aliphatic heterocycles. The zero-order chi connectivity index (χ0) is 16.0. The minimum atomic E-state index is -1.15. The fraction of sp³-hybridized carbons (Fsp3) is 0.714. The molecule has 1 aromatic heterocycles. The van der Waals surface area contributed by atoms with Crippen LogP contribution in [0.5, 0.6) is 0 Å². The first kappa shape index (κ1) is 17.1. The number of carboxylic acid groups (broad SMARTS) is 1. The van der Waals surface area contributed by atoms with Crippen molar-refractivity contribution in [3.05, 3.63) is 11.9 Å². The highest BCUT2D eigenvalue weighted by molar-refractivity contribution is 5.84. The van der Waals surface area contributed by atoms with E-state index in [0.29, 0.717) is 12.5 Å². The summed E-state index contributed by atoms with van der Waals surface area (Å²) < 4.78 is 1.28. The Bertz CT molecular complexity index is 480. The Hall–Kier alpha value is -1.92. The fourth-order valence-corrected chi connectivity index (χ4v) is 2.28. The Morgan fingerprint density at radius 1 is 1.33 bits per heavy atom. The number of carboxylic acids is 1. The van der Waals surface area contributed by atoms with Crippen molar-refractivity contribution in [3.8, 4) is 0 Å². The van der Waals surface area contributed by atoms with Crippen LogP contribution in [-0.2, 0) is 11.3 Å². The van der Waals surface area contributed by atoms with Crippen molar-refractivity contribution in [1.29, 1.82) is 0 Å². The predicted molar refractivity (Wildman–Crippen MR) is 77.9 cm³/mol. The third-order valence-corrected chi connectivity index (χ3v) is 3.32. The molecule has 0 aliphatic rings. The molecule has 0 saturated heterocycles. The molecule has 0 aromatic carbocycles. The fourth-order valence-electron chi connectivity index (χ4n) is 2.28. The lowest BCUT2D eigenvalue weighted by Gasteiger charge is -2.32. The highest BCUT2D eigenvalue weighted by Crippen LogP contribution is 2.12. The summed E-state index contributed by atoms with van der Waals surface area (Å²) in [5.41, 5.74) is -0.152. The second-order valence-electron chi connectivity index (χ2n) is 5.52. The molecule has 0 fully saturated rings. The van der Waals surface area contributed by atoms with E-state index in [0.717, 1.165) is 12.8 Å². The number of aromatic carboxylic acids is 1. The number of aromatic nitrogens is 3. The third-order valence-electron chi connectivity index (χ3n) is 3.32. The molecule has 1 rings (SSSR count). The molecule has 0 unspecified atom stereocenters. The van der Waals surface area contributed by atoms with Gasteiger partial charge >= 0.3 is 5.97 Å². The van der Waals surface area contributed by atoms with E-state index in [4.69, 9.17) is 5.11 Å². The summed E-state index contributed by atoms with van der Waals surface area (Å²) in [7, 11) is 0. The van der Waals surface area contributed by atoms with Crippen LogP contribution in [-0.4, -0.2) is 49.5 Å². The van der Waals surface area contributed by atoms with Gasteiger partial charge in [0.15, 0.2) is 5.69 Å². The maximum atomic E-state index is 12.5. The van der Waals surface area contributed by atoms with Crippen LogP contribution in [0.25, 0.3) is 0 Å². The Balaban J connectivity index is 2.81. The van der Waals surface area contributed by atoms with Gasteiger partial charge in [0.1, 0.15) is 6.54 Å². The van der Waals surface area contributed by atoms with Crippen LogP contribution in [0.15, 0.2) is 6.20 Å². The standard InChI is InChI=1S/C14H24N4O3/c1-5-11(6-2)18(7-10(3)4)13(19)9-17-8-12(14(20)21)15-16-17/h8,10-11H,5-7,9H2,1-4H3,(H,20,21). The average molecular weight is 296 g/mol. The van der Waals surface area contributed by atoms with Gasteiger partial charge in [0, 0.05) is 12.6 Å². The summed E-state index contributed by atoms with van der Waals surface area (Å²) in [6.07, 6.45) is 3.07. The number of carbonyl (C=O) groups excluding carboxylic acids is 1. The van der Waals surface area contributed by atoms with Crippen LogP contribution in [0.2, 0.25) is 0 Å². The van der Waals surface area contributed by atoms with E-state index in [2.05, 4.69) is 38.0 Å². The lowest BCUT2D eigenvalue weighted by Crippen LogP contribution is -2.43. The zero-order valence-corrected chi connectivity index (χ0v) is 13.1. The van der Waals surface area contributed by atoms with Gasteiger partial charge in [0.05, 0.1) is 6.20 Å². The van der Waals surface area contributed by atoms with Crippen molar-refractivity contribution in [2.75, 3.05) is 6.54 Å². The highest BCUT2D eigenvalue weighted by atomic mass is 16.4. The average Bonchev–Trinajstić information content (AvgIpc) is 2.87. The van der Waals surface area contributed by atoms with Gasteiger partial charge in [-0.2, -0.15) is 0 Å². The van der Waals surface area contributed by atoms with Crippen molar-refractivity contribution in [1.82, 2.24) is 19.9 Å². The Morgan fingerprint density at radius 3 is 2.38 bits per heavy atom. The first-order valence-corrected chi connectivity index (χ1v) is 7.31. The third kappa shape index (κ3) is 4.84. The molecule has 7 nitrogen and oxygen atoms in total. The van der Waals surface area contributed by atoms with E-state index in [1.807, 2.05) is 4.90 Å². The molecule has 1 aromatic rings. The van der Waals surface area contributed by atoms with Gasteiger partial charge in [-0.15, -0.1) is 5.10 Å². The second-order valence-corrected chi connectivity index (χ2v) is 5.52. The lowest BCUT2D eigenvalue weighted by molar-refractivity contribution is -0.135. The molecule has 1 heterocycles. The minimum absolute atomic E-state index is 0.0174. The van der Waals surface area contributed by atoms with Crippen molar-refractivity contribution >= 4 is 11.9 Å². The largest absolute Gasteiger partial charge is 0.476 e. The summed E-state index contributed by atoms with van der Waals surface area (Å²) in [5.74, 6) is -0.827. The number of rotatable bonds is 8. The molecule has 7 heteroatoms. The molecule has 0 atom stereocenters. The zero-order valence-electron chi connectivity index (χ0n) is 13.1. The van der Waals surface area contributed by atoms with Gasteiger partial charge in [-0.3, -0.25) is 4.79 Å². The summed E-state index contributed by atoms with van der Waals surface area (Å²) in [6, 6.07) is 0.197. The second kappa shape index (κ2) is 7.75. The molecule has 118 valence electrons. The Kier molecular flexibility index (Phi) is 6.33. The van der Waals surface area contributed by atoms with Crippen molar-refractivity contribution in [2.24, 2.45) is 5.92 Å². The van der Waals surface area contributed by atoms with Crippen LogP contribution in [0.3, 0.4) is 0 Å². The van der Waals surface area contributed by atoms with Crippen molar-refractivity contribution in [3.63, 3.8) is 0 Å². The smallest absolute Gasteiger partial charge is 0.358 e. The van der Waals surface area contributed by atoms with E-state index in [1.54, 1.807) is 0 Å². The molecular formula is C14H24N4O3. The predicted octanol–water partition coefficient (Wildman–Crippen LogP) is 1.65. The van der Waals surface area contributed by atoms with E-state index in [1.165, 1.54) is 10.9 Å². The maximum Gasteiger partial charge on any atom is 0.358 e. The molecule has 21 heavy (non-hydrogen) atoms. The first-order chi connectivity index (χ1) is 9.88. The van der Waals surface area contributed by atoms with E-state index in [-0.39, 0.29) is 24.2 Å².